The van der Waals surface area contributed by atoms with Crippen molar-refractivity contribution in [3.8, 4) is 0 Å². The maximum absolute atomic E-state index is 11.6. The first-order valence-corrected chi connectivity index (χ1v) is 4.66. The van der Waals surface area contributed by atoms with Gasteiger partial charge in [-0.1, -0.05) is 27.7 Å². The summed E-state index contributed by atoms with van der Waals surface area (Å²) in [6.07, 6.45) is 0.794. The van der Waals surface area contributed by atoms with Crippen molar-refractivity contribution >= 4 is 0 Å². The van der Waals surface area contributed by atoms with E-state index >= 15 is 0 Å². The van der Waals surface area contributed by atoms with Gasteiger partial charge >= 0.3 is 0 Å². The Labute approximate surface area is 78.8 Å². The standard InChI is InChI=1S/C10H18N2O/c1-6-7-8(10(2,3)4)11-12(5)9(7)13/h11H,6H2,1-5H3. The molecule has 0 saturated carbocycles. The average molecular weight is 182 g/mol. The van der Waals surface area contributed by atoms with Gasteiger partial charge in [0.05, 0.1) is 0 Å². The zero-order valence-corrected chi connectivity index (χ0v) is 9.06. The second-order valence-corrected chi connectivity index (χ2v) is 4.43. The molecule has 13 heavy (non-hydrogen) atoms. The number of rotatable bonds is 1. The van der Waals surface area contributed by atoms with Gasteiger partial charge in [0.25, 0.3) is 5.56 Å². The van der Waals surface area contributed by atoms with Gasteiger partial charge in [-0.15, -0.1) is 0 Å². The number of nitrogens with one attached hydrogen (secondary N) is 1. The summed E-state index contributed by atoms with van der Waals surface area (Å²) in [5.41, 5.74) is 2.09. The third-order valence-electron chi connectivity index (χ3n) is 2.25. The minimum Gasteiger partial charge on any atom is -0.299 e. The summed E-state index contributed by atoms with van der Waals surface area (Å²) >= 11 is 0. The predicted octanol–water partition coefficient (Wildman–Crippen LogP) is 1.57. The second-order valence-electron chi connectivity index (χ2n) is 4.43. The SMILES string of the molecule is CCc1c(C(C)(C)C)[nH]n(C)c1=O. The molecule has 3 heteroatoms. The van der Waals surface area contributed by atoms with Crippen LogP contribution in [0.1, 0.15) is 39.0 Å². The van der Waals surface area contributed by atoms with Crippen molar-refractivity contribution in [2.45, 2.75) is 39.5 Å². The summed E-state index contributed by atoms with van der Waals surface area (Å²) in [7, 11) is 1.76. The molecule has 0 aliphatic rings. The maximum atomic E-state index is 11.6. The number of aromatic nitrogens is 2. The zero-order valence-electron chi connectivity index (χ0n) is 9.06. The lowest BCUT2D eigenvalue weighted by molar-refractivity contribution is 0.548. The van der Waals surface area contributed by atoms with Crippen molar-refractivity contribution in [2.24, 2.45) is 7.05 Å². The molecule has 0 radical (unpaired) electrons. The highest BCUT2D eigenvalue weighted by Crippen LogP contribution is 2.21. The van der Waals surface area contributed by atoms with Crippen molar-refractivity contribution < 1.29 is 0 Å². The molecule has 0 bridgehead atoms. The molecule has 0 aliphatic carbocycles. The van der Waals surface area contributed by atoms with Gasteiger partial charge in [0.2, 0.25) is 0 Å². The van der Waals surface area contributed by atoms with E-state index in [-0.39, 0.29) is 11.0 Å². The van der Waals surface area contributed by atoms with Gasteiger partial charge in [-0.25, -0.2) is 0 Å². The van der Waals surface area contributed by atoms with Crippen LogP contribution in [0.4, 0.5) is 0 Å². The van der Waals surface area contributed by atoms with E-state index < -0.39 is 0 Å². The van der Waals surface area contributed by atoms with Crippen LogP contribution in [0.3, 0.4) is 0 Å². The zero-order chi connectivity index (χ0) is 10.2. The van der Waals surface area contributed by atoms with E-state index in [2.05, 4.69) is 25.9 Å². The fourth-order valence-corrected chi connectivity index (χ4v) is 1.54. The lowest BCUT2D eigenvalue weighted by atomic mass is 9.89. The number of hydrogen-bond donors (Lipinski definition) is 1. The molecule has 1 aromatic rings. The van der Waals surface area contributed by atoms with Crippen LogP contribution in [0.25, 0.3) is 0 Å². The van der Waals surface area contributed by atoms with Crippen molar-refractivity contribution in [1.29, 1.82) is 0 Å². The van der Waals surface area contributed by atoms with Crippen molar-refractivity contribution in [2.75, 3.05) is 0 Å². The number of nitrogens with zero attached hydrogens (tertiary/aromatic N) is 1. The van der Waals surface area contributed by atoms with Crippen LogP contribution >= 0.6 is 0 Å². The van der Waals surface area contributed by atoms with Crippen LogP contribution in [0.2, 0.25) is 0 Å². The van der Waals surface area contributed by atoms with Crippen molar-refractivity contribution in [1.82, 2.24) is 9.78 Å². The molecule has 1 N–H and O–H groups in total. The molecule has 0 saturated heterocycles. The Bertz CT molecular complexity index is 352. The van der Waals surface area contributed by atoms with E-state index in [9.17, 15) is 4.79 Å². The minimum atomic E-state index is 0.0196. The Kier molecular flexibility index (Phi) is 2.37. The van der Waals surface area contributed by atoms with Gasteiger partial charge in [0, 0.05) is 23.7 Å². The molecular weight excluding hydrogens is 164 g/mol. The van der Waals surface area contributed by atoms with Gasteiger partial charge in [-0.05, 0) is 6.42 Å². The molecule has 0 atom stereocenters. The molecule has 0 amide bonds. The summed E-state index contributed by atoms with van der Waals surface area (Å²) in [6, 6.07) is 0. The molecule has 1 aromatic heterocycles. The monoisotopic (exact) mass is 182 g/mol. The summed E-state index contributed by atoms with van der Waals surface area (Å²) in [4.78, 5) is 11.6. The Hall–Kier alpha value is -0.990. The lowest BCUT2D eigenvalue weighted by Gasteiger charge is -2.17. The molecule has 1 rings (SSSR count). The van der Waals surface area contributed by atoms with E-state index in [0.29, 0.717) is 0 Å². The highest BCUT2D eigenvalue weighted by atomic mass is 16.1. The minimum absolute atomic E-state index is 0.0196. The lowest BCUT2D eigenvalue weighted by Crippen LogP contribution is -2.17. The van der Waals surface area contributed by atoms with Crippen LogP contribution in [-0.4, -0.2) is 9.78 Å². The van der Waals surface area contributed by atoms with E-state index in [4.69, 9.17) is 0 Å². The Morgan fingerprint density at radius 2 is 1.92 bits per heavy atom. The average Bonchev–Trinajstić information content (AvgIpc) is 2.28. The number of H-pyrrole nitrogens is 1. The molecule has 0 aromatic carbocycles. The Morgan fingerprint density at radius 1 is 1.38 bits per heavy atom. The van der Waals surface area contributed by atoms with Gasteiger partial charge in [0.1, 0.15) is 0 Å². The Morgan fingerprint density at radius 3 is 2.23 bits per heavy atom. The van der Waals surface area contributed by atoms with Gasteiger partial charge in [-0.2, -0.15) is 0 Å². The number of aromatic amines is 1. The summed E-state index contributed by atoms with van der Waals surface area (Å²) in [5, 5.41) is 3.11. The largest absolute Gasteiger partial charge is 0.299 e. The highest BCUT2D eigenvalue weighted by molar-refractivity contribution is 5.23. The Balaban J connectivity index is 3.39. The molecule has 0 aliphatic heterocycles. The smallest absolute Gasteiger partial charge is 0.269 e. The molecular formula is C10H18N2O. The van der Waals surface area contributed by atoms with Crippen LogP contribution < -0.4 is 5.56 Å². The summed E-state index contributed by atoms with van der Waals surface area (Å²) < 4.78 is 1.55. The van der Waals surface area contributed by atoms with Gasteiger partial charge < -0.3 is 0 Å². The van der Waals surface area contributed by atoms with Gasteiger partial charge in [0.15, 0.2) is 0 Å². The molecule has 0 fully saturated rings. The van der Waals surface area contributed by atoms with Crippen LogP contribution in [0.5, 0.6) is 0 Å². The van der Waals surface area contributed by atoms with Gasteiger partial charge in [-0.3, -0.25) is 14.6 Å². The third kappa shape index (κ3) is 1.69. The summed E-state index contributed by atoms with van der Waals surface area (Å²) in [6.45, 7) is 8.34. The highest BCUT2D eigenvalue weighted by Gasteiger charge is 2.22. The normalized spacial score (nSPS) is 12.1. The maximum Gasteiger partial charge on any atom is 0.269 e. The molecule has 1 heterocycles. The predicted molar refractivity (Wildman–Crippen MR) is 54.1 cm³/mol. The van der Waals surface area contributed by atoms with Crippen molar-refractivity contribution in [3.05, 3.63) is 21.6 Å². The van der Waals surface area contributed by atoms with Crippen LogP contribution in [0, 0.1) is 0 Å². The quantitative estimate of drug-likeness (QED) is 0.703. The fraction of sp³-hybridized carbons (Fsp3) is 0.700. The first kappa shape index (κ1) is 10.1. The summed E-state index contributed by atoms with van der Waals surface area (Å²) in [5.74, 6) is 0. The number of aryl methyl sites for hydroxylation is 1. The topological polar surface area (TPSA) is 37.8 Å². The first-order valence-electron chi connectivity index (χ1n) is 4.66. The van der Waals surface area contributed by atoms with Crippen LogP contribution in [-0.2, 0) is 18.9 Å². The number of hydrogen-bond acceptors (Lipinski definition) is 1. The molecule has 3 nitrogen and oxygen atoms in total. The van der Waals surface area contributed by atoms with E-state index in [1.54, 1.807) is 11.7 Å². The molecule has 0 spiro atoms. The second kappa shape index (κ2) is 3.05. The van der Waals surface area contributed by atoms with E-state index in [0.717, 1.165) is 17.7 Å². The molecule has 74 valence electrons. The fourth-order valence-electron chi connectivity index (χ4n) is 1.54. The molecule has 0 unspecified atom stereocenters. The van der Waals surface area contributed by atoms with E-state index in [1.807, 2.05) is 6.92 Å². The van der Waals surface area contributed by atoms with E-state index in [1.165, 1.54) is 0 Å². The van der Waals surface area contributed by atoms with Crippen molar-refractivity contribution in [3.63, 3.8) is 0 Å². The first-order chi connectivity index (χ1) is 5.88. The third-order valence-corrected chi connectivity index (χ3v) is 2.25. The van der Waals surface area contributed by atoms with Crippen LogP contribution in [0.15, 0.2) is 4.79 Å².